The Morgan fingerprint density at radius 3 is 2.95 bits per heavy atom. The monoisotopic (exact) mass is 303 g/mol. The lowest BCUT2D eigenvalue weighted by Gasteiger charge is -2.20. The van der Waals surface area contributed by atoms with Crippen LogP contribution in [0.1, 0.15) is 15.9 Å². The van der Waals surface area contributed by atoms with Crippen molar-refractivity contribution in [2.75, 3.05) is 18.9 Å². The van der Waals surface area contributed by atoms with Crippen molar-refractivity contribution in [1.82, 2.24) is 9.88 Å². The van der Waals surface area contributed by atoms with Crippen LogP contribution in [0.15, 0.2) is 36.4 Å². The molecule has 2 heterocycles. The number of ether oxygens (including phenoxy) is 1. The van der Waals surface area contributed by atoms with Gasteiger partial charge in [-0.15, -0.1) is 0 Å². The summed E-state index contributed by atoms with van der Waals surface area (Å²) in [6, 6.07) is 10.8. The normalized spacial score (nSPS) is 14.0. The van der Waals surface area contributed by atoms with E-state index < -0.39 is 0 Å². The number of amides is 1. The molecular weight excluding hydrogens is 290 g/mol. The Kier molecular flexibility index (Phi) is 3.66. The number of fused-ring (bicyclic) bond motifs is 1. The van der Waals surface area contributed by atoms with Crippen LogP contribution in [-0.4, -0.2) is 28.9 Å². The van der Waals surface area contributed by atoms with E-state index in [2.05, 4.69) is 4.98 Å². The summed E-state index contributed by atoms with van der Waals surface area (Å²) < 4.78 is 5.66. The highest BCUT2D eigenvalue weighted by atomic mass is 35.5. The molecular formula is C15H14ClN3O2. The third-order valence-corrected chi connectivity index (χ3v) is 3.49. The molecule has 6 heteroatoms. The summed E-state index contributed by atoms with van der Waals surface area (Å²) in [6.07, 6.45) is 0. The Labute approximate surface area is 127 Å². The van der Waals surface area contributed by atoms with Crippen molar-refractivity contribution >= 4 is 23.3 Å². The second kappa shape index (κ2) is 5.61. The fourth-order valence-electron chi connectivity index (χ4n) is 2.32. The number of nitrogens with two attached hydrogens (primary N) is 1. The van der Waals surface area contributed by atoms with E-state index >= 15 is 0 Å². The summed E-state index contributed by atoms with van der Waals surface area (Å²) in [5.41, 5.74) is 7.06. The number of anilines is 1. The largest absolute Gasteiger partial charge is 0.491 e. The molecule has 21 heavy (non-hydrogen) atoms. The minimum atomic E-state index is -0.133. The molecule has 1 aliphatic rings. The quantitative estimate of drug-likeness (QED) is 0.821. The molecule has 1 amide bonds. The third-order valence-electron chi connectivity index (χ3n) is 3.30. The van der Waals surface area contributed by atoms with E-state index in [4.69, 9.17) is 22.1 Å². The van der Waals surface area contributed by atoms with Gasteiger partial charge in [0.05, 0.1) is 6.54 Å². The predicted molar refractivity (Wildman–Crippen MR) is 80.3 cm³/mol. The van der Waals surface area contributed by atoms with Gasteiger partial charge in [0, 0.05) is 17.7 Å². The number of para-hydroxylation sites is 1. The first-order valence-corrected chi connectivity index (χ1v) is 6.94. The van der Waals surface area contributed by atoms with E-state index in [9.17, 15) is 4.79 Å². The van der Waals surface area contributed by atoms with Gasteiger partial charge >= 0.3 is 0 Å². The number of hydrogen-bond donors (Lipinski definition) is 1. The zero-order valence-electron chi connectivity index (χ0n) is 11.3. The van der Waals surface area contributed by atoms with Gasteiger partial charge in [-0.25, -0.2) is 4.98 Å². The number of carbonyl (C=O) groups is 1. The number of aromatic nitrogens is 1. The molecule has 0 spiro atoms. The molecule has 0 saturated carbocycles. The maximum Gasteiger partial charge on any atom is 0.254 e. The van der Waals surface area contributed by atoms with Crippen LogP contribution >= 0.6 is 11.6 Å². The Morgan fingerprint density at radius 2 is 2.14 bits per heavy atom. The van der Waals surface area contributed by atoms with Gasteiger partial charge in [-0.3, -0.25) is 4.79 Å². The number of hydrogen-bond acceptors (Lipinski definition) is 4. The topological polar surface area (TPSA) is 68.5 Å². The molecule has 0 unspecified atom stereocenters. The zero-order chi connectivity index (χ0) is 14.8. The van der Waals surface area contributed by atoms with E-state index in [0.717, 1.165) is 11.3 Å². The van der Waals surface area contributed by atoms with Gasteiger partial charge in [0.25, 0.3) is 5.91 Å². The minimum Gasteiger partial charge on any atom is -0.491 e. The Balaban J connectivity index is 1.88. The molecule has 1 aromatic carbocycles. The van der Waals surface area contributed by atoms with E-state index in [0.29, 0.717) is 25.3 Å². The Bertz CT molecular complexity index is 670. The molecule has 0 radical (unpaired) electrons. The second-order valence-electron chi connectivity index (χ2n) is 4.79. The standard InChI is InChI=1S/C15H14ClN3O2/c16-13-7-11(8-14(17)18-13)15(20)19-5-6-21-12-4-2-1-3-10(12)9-19/h1-4,7-8H,5-6,9H2,(H2,17,18). The van der Waals surface area contributed by atoms with Crippen LogP contribution < -0.4 is 10.5 Å². The highest BCUT2D eigenvalue weighted by Gasteiger charge is 2.21. The molecule has 1 aliphatic heterocycles. The molecule has 2 N–H and O–H groups in total. The Morgan fingerprint density at radius 1 is 1.33 bits per heavy atom. The maximum absolute atomic E-state index is 12.6. The summed E-state index contributed by atoms with van der Waals surface area (Å²) >= 11 is 5.86. The Hall–Kier alpha value is -2.27. The van der Waals surface area contributed by atoms with Crippen LogP contribution in [0.3, 0.4) is 0 Å². The first kappa shape index (κ1) is 13.7. The van der Waals surface area contributed by atoms with Gasteiger partial charge in [0.15, 0.2) is 0 Å². The van der Waals surface area contributed by atoms with E-state index in [1.165, 1.54) is 12.1 Å². The van der Waals surface area contributed by atoms with Gasteiger partial charge in [0.2, 0.25) is 0 Å². The average molecular weight is 304 g/mol. The molecule has 0 saturated heterocycles. The smallest absolute Gasteiger partial charge is 0.254 e. The van der Waals surface area contributed by atoms with Crippen molar-refractivity contribution < 1.29 is 9.53 Å². The van der Waals surface area contributed by atoms with Gasteiger partial charge in [-0.05, 0) is 18.2 Å². The van der Waals surface area contributed by atoms with Crippen molar-refractivity contribution in [3.63, 3.8) is 0 Å². The van der Waals surface area contributed by atoms with Gasteiger partial charge in [-0.1, -0.05) is 29.8 Å². The zero-order valence-corrected chi connectivity index (χ0v) is 12.0. The number of rotatable bonds is 1. The highest BCUT2D eigenvalue weighted by Crippen LogP contribution is 2.24. The number of benzene rings is 1. The number of pyridine rings is 1. The number of nitrogens with zero attached hydrogens (tertiary/aromatic N) is 2. The fraction of sp³-hybridized carbons (Fsp3) is 0.200. The second-order valence-corrected chi connectivity index (χ2v) is 5.17. The summed E-state index contributed by atoms with van der Waals surface area (Å²) in [7, 11) is 0. The van der Waals surface area contributed by atoms with E-state index in [-0.39, 0.29) is 16.9 Å². The van der Waals surface area contributed by atoms with Crippen molar-refractivity contribution in [2.45, 2.75) is 6.54 Å². The lowest BCUT2D eigenvalue weighted by molar-refractivity contribution is 0.0733. The first-order chi connectivity index (χ1) is 10.1. The molecule has 2 aromatic rings. The first-order valence-electron chi connectivity index (χ1n) is 6.56. The predicted octanol–water partition coefficient (Wildman–Crippen LogP) is 2.35. The minimum absolute atomic E-state index is 0.133. The van der Waals surface area contributed by atoms with Crippen LogP contribution in [0.25, 0.3) is 0 Å². The summed E-state index contributed by atoms with van der Waals surface area (Å²) in [6.45, 7) is 1.46. The van der Waals surface area contributed by atoms with Gasteiger partial charge in [-0.2, -0.15) is 0 Å². The molecule has 3 rings (SSSR count). The highest BCUT2D eigenvalue weighted by molar-refractivity contribution is 6.29. The SMILES string of the molecule is Nc1cc(C(=O)N2CCOc3ccccc3C2)cc(Cl)n1. The molecule has 108 valence electrons. The fourth-order valence-corrected chi connectivity index (χ4v) is 2.54. The molecule has 0 fully saturated rings. The number of nitrogen functional groups attached to an aromatic ring is 1. The number of halogens is 1. The lowest BCUT2D eigenvalue weighted by Crippen LogP contribution is -2.32. The molecule has 0 aliphatic carbocycles. The third kappa shape index (κ3) is 2.92. The number of carbonyl (C=O) groups excluding carboxylic acids is 1. The van der Waals surface area contributed by atoms with Crippen LogP contribution in [-0.2, 0) is 6.54 Å². The van der Waals surface area contributed by atoms with Crippen LogP contribution in [0.4, 0.5) is 5.82 Å². The summed E-state index contributed by atoms with van der Waals surface area (Å²) in [5, 5.41) is 0.213. The molecule has 1 aromatic heterocycles. The molecule has 5 nitrogen and oxygen atoms in total. The summed E-state index contributed by atoms with van der Waals surface area (Å²) in [5.74, 6) is 0.920. The van der Waals surface area contributed by atoms with Crippen LogP contribution in [0.2, 0.25) is 5.15 Å². The van der Waals surface area contributed by atoms with Crippen molar-refractivity contribution in [2.24, 2.45) is 0 Å². The van der Waals surface area contributed by atoms with E-state index in [1.54, 1.807) is 4.90 Å². The van der Waals surface area contributed by atoms with Crippen molar-refractivity contribution in [3.8, 4) is 5.75 Å². The van der Waals surface area contributed by atoms with Crippen LogP contribution in [0.5, 0.6) is 5.75 Å². The van der Waals surface area contributed by atoms with Crippen molar-refractivity contribution in [1.29, 1.82) is 0 Å². The molecule has 0 atom stereocenters. The van der Waals surface area contributed by atoms with E-state index in [1.807, 2.05) is 24.3 Å². The van der Waals surface area contributed by atoms with Crippen LogP contribution in [0, 0.1) is 0 Å². The van der Waals surface area contributed by atoms with Gasteiger partial charge < -0.3 is 15.4 Å². The van der Waals surface area contributed by atoms with Crippen molar-refractivity contribution in [3.05, 3.63) is 52.7 Å². The maximum atomic E-state index is 12.6. The average Bonchev–Trinajstić information content (AvgIpc) is 2.67. The van der Waals surface area contributed by atoms with Gasteiger partial charge in [0.1, 0.15) is 23.3 Å². The molecule has 0 bridgehead atoms. The lowest BCUT2D eigenvalue weighted by atomic mass is 10.1. The summed E-state index contributed by atoms with van der Waals surface area (Å²) in [4.78, 5) is 18.2.